The van der Waals surface area contributed by atoms with Crippen molar-refractivity contribution in [2.24, 2.45) is 5.14 Å². The second-order valence-electron chi connectivity index (χ2n) is 5.25. The molecule has 0 fully saturated rings. The van der Waals surface area contributed by atoms with E-state index >= 15 is 0 Å². The molecule has 0 aromatic heterocycles. The molecule has 1 unspecified atom stereocenters. The predicted molar refractivity (Wildman–Crippen MR) is 98.5 cm³/mol. The van der Waals surface area contributed by atoms with E-state index < -0.39 is 22.1 Å². The van der Waals surface area contributed by atoms with E-state index in [0.717, 1.165) is 4.47 Å². The number of hydrogen-bond acceptors (Lipinski definition) is 6. The summed E-state index contributed by atoms with van der Waals surface area (Å²) in [6.45, 7) is 1.74. The monoisotopic (exact) mass is 443 g/mol. The highest BCUT2D eigenvalue weighted by molar-refractivity contribution is 9.10. The fourth-order valence-corrected chi connectivity index (χ4v) is 2.69. The van der Waals surface area contributed by atoms with Crippen molar-refractivity contribution in [3.8, 4) is 11.5 Å². The molecule has 26 heavy (non-hydrogen) atoms. The van der Waals surface area contributed by atoms with Crippen LogP contribution in [0.3, 0.4) is 0 Å². The molecule has 9 heteroatoms. The molecule has 0 saturated heterocycles. The van der Waals surface area contributed by atoms with Crippen molar-refractivity contribution in [3.63, 3.8) is 0 Å². The zero-order valence-corrected chi connectivity index (χ0v) is 16.3. The summed E-state index contributed by atoms with van der Waals surface area (Å²) in [6, 6.07) is 12.7. The topological polar surface area (TPSA) is 105 Å². The van der Waals surface area contributed by atoms with Gasteiger partial charge >= 0.3 is 5.97 Å². The highest BCUT2D eigenvalue weighted by atomic mass is 79.9. The van der Waals surface area contributed by atoms with Crippen molar-refractivity contribution >= 4 is 31.9 Å². The molecule has 140 valence electrons. The first-order valence-corrected chi connectivity index (χ1v) is 9.94. The number of rotatable bonds is 8. The number of carbonyl (C=O) groups is 1. The molecule has 2 aromatic carbocycles. The van der Waals surface area contributed by atoms with Crippen molar-refractivity contribution in [1.29, 1.82) is 0 Å². The molecule has 0 radical (unpaired) electrons. The van der Waals surface area contributed by atoms with Crippen molar-refractivity contribution in [3.05, 3.63) is 53.0 Å². The van der Waals surface area contributed by atoms with Crippen LogP contribution in [0.15, 0.2) is 57.9 Å². The molecular weight excluding hydrogens is 426 g/mol. The van der Waals surface area contributed by atoms with Crippen molar-refractivity contribution in [2.75, 3.05) is 13.2 Å². The standard InChI is InChI=1S/C17H18BrNO6S/c1-12(25-15-4-2-13(18)3-5-15)17(20)24-11-10-23-14-6-8-16(9-7-14)26(19,21)22/h2-9,12H,10-11H2,1H3,(H2,19,21,22). The molecule has 2 rings (SSSR count). The van der Waals surface area contributed by atoms with Gasteiger partial charge in [-0.3, -0.25) is 0 Å². The van der Waals surface area contributed by atoms with Crippen LogP contribution in [-0.2, 0) is 19.6 Å². The lowest BCUT2D eigenvalue weighted by atomic mass is 10.3. The highest BCUT2D eigenvalue weighted by Crippen LogP contribution is 2.18. The van der Waals surface area contributed by atoms with Gasteiger partial charge in [0.15, 0.2) is 6.10 Å². The van der Waals surface area contributed by atoms with E-state index in [0.29, 0.717) is 11.5 Å². The van der Waals surface area contributed by atoms with Crippen LogP contribution < -0.4 is 14.6 Å². The van der Waals surface area contributed by atoms with Crippen LogP contribution in [0.4, 0.5) is 0 Å². The Hall–Kier alpha value is -2.10. The van der Waals surface area contributed by atoms with Crippen LogP contribution in [0.1, 0.15) is 6.92 Å². The van der Waals surface area contributed by atoms with E-state index in [4.69, 9.17) is 19.3 Å². The number of sulfonamides is 1. The molecule has 0 spiro atoms. The quantitative estimate of drug-likeness (QED) is 0.496. The van der Waals surface area contributed by atoms with E-state index in [-0.39, 0.29) is 18.1 Å². The number of hydrogen-bond donors (Lipinski definition) is 1. The minimum absolute atomic E-state index is 0.00445. The Morgan fingerprint density at radius 1 is 1.04 bits per heavy atom. The van der Waals surface area contributed by atoms with Gasteiger partial charge in [0.2, 0.25) is 10.0 Å². The maximum Gasteiger partial charge on any atom is 0.347 e. The van der Waals surface area contributed by atoms with Gasteiger partial charge < -0.3 is 14.2 Å². The smallest absolute Gasteiger partial charge is 0.347 e. The van der Waals surface area contributed by atoms with Gasteiger partial charge in [-0.1, -0.05) is 15.9 Å². The molecule has 1 atom stereocenters. The first-order valence-electron chi connectivity index (χ1n) is 7.60. The lowest BCUT2D eigenvalue weighted by Gasteiger charge is -2.14. The van der Waals surface area contributed by atoms with E-state index in [1.165, 1.54) is 24.3 Å². The van der Waals surface area contributed by atoms with Crippen LogP contribution in [0, 0.1) is 0 Å². The Balaban J connectivity index is 1.73. The summed E-state index contributed by atoms with van der Waals surface area (Å²) < 4.78 is 39.2. The van der Waals surface area contributed by atoms with E-state index in [9.17, 15) is 13.2 Å². The molecule has 7 nitrogen and oxygen atoms in total. The first kappa shape index (κ1) is 20.2. The van der Waals surface area contributed by atoms with Gasteiger partial charge in [-0.05, 0) is 55.5 Å². The van der Waals surface area contributed by atoms with Crippen molar-refractivity contribution in [1.82, 2.24) is 0 Å². The Morgan fingerprint density at radius 2 is 1.62 bits per heavy atom. The molecule has 2 aromatic rings. The van der Waals surface area contributed by atoms with Gasteiger partial charge in [0.05, 0.1) is 4.90 Å². The second kappa shape index (κ2) is 9.02. The number of primary sulfonamides is 1. The molecule has 0 aliphatic carbocycles. The van der Waals surface area contributed by atoms with Crippen LogP contribution >= 0.6 is 15.9 Å². The van der Waals surface area contributed by atoms with Crippen molar-refractivity contribution in [2.45, 2.75) is 17.9 Å². The molecular formula is C17H18BrNO6S. The minimum atomic E-state index is -3.74. The van der Waals surface area contributed by atoms with E-state index in [2.05, 4.69) is 15.9 Å². The summed E-state index contributed by atoms with van der Waals surface area (Å²) in [5, 5.41) is 5.01. The SMILES string of the molecule is CC(Oc1ccc(Br)cc1)C(=O)OCCOc1ccc(S(N)(=O)=O)cc1. The average molecular weight is 444 g/mol. The van der Waals surface area contributed by atoms with Crippen LogP contribution in [0.5, 0.6) is 11.5 Å². The summed E-state index contributed by atoms with van der Waals surface area (Å²) in [5.41, 5.74) is 0. The first-order chi connectivity index (χ1) is 12.3. The Kier molecular flexibility index (Phi) is 7.01. The summed E-state index contributed by atoms with van der Waals surface area (Å²) in [4.78, 5) is 11.9. The van der Waals surface area contributed by atoms with Gasteiger partial charge in [0.1, 0.15) is 24.7 Å². The summed E-state index contributed by atoms with van der Waals surface area (Å²) in [6.07, 6.45) is -0.759. The van der Waals surface area contributed by atoms with Gasteiger partial charge in [0.25, 0.3) is 0 Å². The molecule has 0 aliphatic rings. The maximum absolute atomic E-state index is 11.9. The molecule has 0 bridgehead atoms. The number of esters is 1. The third-order valence-electron chi connectivity index (χ3n) is 3.21. The maximum atomic E-state index is 11.9. The van der Waals surface area contributed by atoms with Crippen LogP contribution in [-0.4, -0.2) is 33.7 Å². The van der Waals surface area contributed by atoms with E-state index in [1.54, 1.807) is 19.1 Å². The van der Waals surface area contributed by atoms with Gasteiger partial charge in [-0.2, -0.15) is 0 Å². The average Bonchev–Trinajstić information content (AvgIpc) is 2.60. The summed E-state index contributed by atoms with van der Waals surface area (Å²) in [7, 11) is -3.74. The summed E-state index contributed by atoms with van der Waals surface area (Å²) >= 11 is 3.32. The Bertz CT molecular complexity index is 837. The zero-order valence-electron chi connectivity index (χ0n) is 13.9. The number of halogens is 1. The zero-order chi connectivity index (χ0) is 19.2. The van der Waals surface area contributed by atoms with Gasteiger partial charge in [0, 0.05) is 4.47 Å². The Morgan fingerprint density at radius 3 is 2.19 bits per heavy atom. The predicted octanol–water partition coefficient (Wildman–Crippen LogP) is 2.49. The minimum Gasteiger partial charge on any atom is -0.490 e. The van der Waals surface area contributed by atoms with Crippen LogP contribution in [0.25, 0.3) is 0 Å². The number of nitrogens with two attached hydrogens (primary N) is 1. The third-order valence-corrected chi connectivity index (χ3v) is 4.66. The molecule has 2 N–H and O–H groups in total. The lowest BCUT2D eigenvalue weighted by molar-refractivity contribution is -0.151. The fraction of sp³-hybridized carbons (Fsp3) is 0.235. The highest BCUT2D eigenvalue weighted by Gasteiger charge is 2.16. The number of ether oxygens (including phenoxy) is 3. The molecule has 0 heterocycles. The van der Waals surface area contributed by atoms with Gasteiger partial charge in [-0.15, -0.1) is 0 Å². The normalized spacial score (nSPS) is 12.3. The molecule has 0 aliphatic heterocycles. The largest absolute Gasteiger partial charge is 0.490 e. The van der Waals surface area contributed by atoms with Crippen molar-refractivity contribution < 1.29 is 27.4 Å². The number of carbonyl (C=O) groups excluding carboxylic acids is 1. The summed E-state index contributed by atoms with van der Waals surface area (Å²) in [5.74, 6) is 0.484. The lowest BCUT2D eigenvalue weighted by Crippen LogP contribution is -2.27. The molecule has 0 saturated carbocycles. The second-order valence-corrected chi connectivity index (χ2v) is 7.72. The molecule has 0 amide bonds. The third kappa shape index (κ3) is 6.32. The Labute approximate surface area is 160 Å². The fourth-order valence-electron chi connectivity index (χ4n) is 1.91. The van der Waals surface area contributed by atoms with E-state index in [1.807, 2.05) is 12.1 Å². The number of benzene rings is 2. The van der Waals surface area contributed by atoms with Crippen LogP contribution in [0.2, 0.25) is 0 Å². The van der Waals surface area contributed by atoms with Gasteiger partial charge in [-0.25, -0.2) is 18.4 Å².